The first-order valence-corrected chi connectivity index (χ1v) is 16.0. The molecule has 1 saturated heterocycles. The predicted molar refractivity (Wildman–Crippen MR) is 186 cm³/mol. The van der Waals surface area contributed by atoms with Crippen LogP contribution < -0.4 is 26.2 Å². The summed E-state index contributed by atoms with van der Waals surface area (Å²) in [5, 5.41) is 21.8. The van der Waals surface area contributed by atoms with Gasteiger partial charge in [0.2, 0.25) is 5.91 Å². The van der Waals surface area contributed by atoms with Crippen LogP contribution in [0, 0.1) is 6.92 Å². The lowest BCUT2D eigenvalue weighted by molar-refractivity contribution is -0.120. The van der Waals surface area contributed by atoms with Crippen molar-refractivity contribution in [2.24, 2.45) is 10.2 Å². The lowest BCUT2D eigenvalue weighted by Crippen LogP contribution is -2.45. The molecule has 2 aromatic carbocycles. The van der Waals surface area contributed by atoms with Crippen molar-refractivity contribution in [2.45, 2.75) is 77.8 Å². The number of H-pyrrole nitrogens is 1. The number of rotatable bonds is 11. The average Bonchev–Trinajstić information content (AvgIpc) is 3.44. The third kappa shape index (κ3) is 7.83. The number of allylic oxidation sites excluding steroid dienone is 1. The van der Waals surface area contributed by atoms with Crippen LogP contribution in [0.1, 0.15) is 71.2 Å². The largest absolute Gasteiger partial charge is 0.494 e. The van der Waals surface area contributed by atoms with Gasteiger partial charge in [-0.3, -0.25) is 19.1 Å². The van der Waals surface area contributed by atoms with E-state index >= 15 is 0 Å². The Kier molecular flexibility index (Phi) is 10.0. The number of carbonyl (C=O) groups excluding carboxylic acids is 1. The zero-order chi connectivity index (χ0) is 35.3. The molecule has 1 amide bonds. The first kappa shape index (κ1) is 33.1. The summed E-state index contributed by atoms with van der Waals surface area (Å²) in [5.41, 5.74) is 4.34. The van der Waals surface area contributed by atoms with Gasteiger partial charge in [-0.2, -0.15) is 5.11 Å². The van der Waals surface area contributed by atoms with Gasteiger partial charge >= 0.3 is 5.69 Å². The number of amides is 1. The number of aryl methyl sites for hydroxylation is 1. The molecule has 2 aliphatic heterocycles. The highest BCUT2D eigenvalue weighted by molar-refractivity contribution is 5.85. The molecular formula is C36H44N6O6. The van der Waals surface area contributed by atoms with E-state index in [1.54, 1.807) is 13.2 Å². The number of hydrogen-bond acceptors (Lipinski definition) is 9. The summed E-state index contributed by atoms with van der Waals surface area (Å²) >= 11 is 0. The van der Waals surface area contributed by atoms with Crippen LogP contribution in [0.2, 0.25) is 0 Å². The number of aromatic amines is 1. The Morgan fingerprint density at radius 1 is 1.23 bits per heavy atom. The maximum absolute atomic E-state index is 12.8. The molecule has 3 atom stereocenters. The van der Waals surface area contributed by atoms with Crippen LogP contribution in [-0.2, 0) is 9.53 Å². The van der Waals surface area contributed by atoms with Gasteiger partial charge in [0, 0.05) is 50.8 Å². The van der Waals surface area contributed by atoms with E-state index in [0.717, 1.165) is 28.1 Å². The molecule has 0 unspecified atom stereocenters. The zero-order valence-electron chi connectivity index (χ0n) is 29.0. The van der Waals surface area contributed by atoms with Crippen LogP contribution in [-0.4, -0.2) is 58.5 Å². The number of hydrogen-bond donors (Lipinski definition) is 3. The van der Waals surface area contributed by atoms with E-state index in [-0.39, 0.29) is 36.9 Å². The second-order valence-electron chi connectivity index (χ2n) is 12.7. The number of aliphatic hydroxyl groups is 1. The highest BCUT2D eigenvalue weighted by Crippen LogP contribution is 2.45. The monoisotopic (exact) mass is 657 g/mol. The van der Waals surface area contributed by atoms with E-state index in [0.29, 0.717) is 30.8 Å². The van der Waals surface area contributed by atoms with Crippen LogP contribution in [0.5, 0.6) is 5.75 Å². The van der Waals surface area contributed by atoms with E-state index in [2.05, 4.69) is 52.3 Å². The highest BCUT2D eigenvalue weighted by atomic mass is 16.5. The Balaban J connectivity index is 1.20. The molecule has 5 rings (SSSR count). The Labute approximate surface area is 281 Å². The van der Waals surface area contributed by atoms with E-state index in [1.165, 1.54) is 16.8 Å². The fraction of sp³-hybridized carbons (Fsp3) is 0.417. The first-order valence-electron chi connectivity index (χ1n) is 16.7. The SMILES string of the molecule is [2H]C[C@H]1O[C@@H](n2cc(/C=C/CNC(=O)CCCN3c4cc(OC)c(N=Nc5ccc(C)cc5)cc4C(C)=CC3(C)C)c(=O)[nH]c2=O)C[C@H]1O. The van der Waals surface area contributed by atoms with Gasteiger partial charge in [0.15, 0.2) is 0 Å². The summed E-state index contributed by atoms with van der Waals surface area (Å²) in [6.07, 6.45) is 5.41. The van der Waals surface area contributed by atoms with Crippen molar-refractivity contribution in [2.75, 3.05) is 25.1 Å². The van der Waals surface area contributed by atoms with Crippen molar-refractivity contribution < 1.29 is 20.7 Å². The Morgan fingerprint density at radius 2 is 2.00 bits per heavy atom. The minimum Gasteiger partial charge on any atom is -0.494 e. The van der Waals surface area contributed by atoms with Gasteiger partial charge in [-0.05, 0) is 64.8 Å². The molecule has 48 heavy (non-hydrogen) atoms. The summed E-state index contributed by atoms with van der Waals surface area (Å²) < 4.78 is 20.0. The molecule has 254 valence electrons. The maximum Gasteiger partial charge on any atom is 0.330 e. The third-order valence-corrected chi connectivity index (χ3v) is 8.60. The molecule has 1 aromatic heterocycles. The molecule has 0 bridgehead atoms. The minimum absolute atomic E-state index is 0.135. The standard InChI is InChI=1S/C36H44N6O6/c1-22-11-13-26(14-12-22)39-40-28-17-27-23(2)20-36(4,5)42(29(27)18-31(28)47-6)16-8-10-32(44)37-15-7-9-25-21-41(35(46)38-34(25)45)33-19-30(43)24(3)48-33/h7,9,11-14,17-18,20-21,24,30,33,43H,8,10,15-16,19H2,1-6H3,(H,37,44)(H,38,45,46)/b9-7+,40-39?/t24-,30-,33-/m1/s1/i3D. The summed E-state index contributed by atoms with van der Waals surface area (Å²) in [5.74, 6) is 0.471. The lowest BCUT2D eigenvalue weighted by atomic mass is 9.88. The van der Waals surface area contributed by atoms with Crippen molar-refractivity contribution >= 4 is 34.6 Å². The van der Waals surface area contributed by atoms with Gasteiger partial charge in [0.1, 0.15) is 17.7 Å². The lowest BCUT2D eigenvalue weighted by Gasteiger charge is -2.43. The highest BCUT2D eigenvalue weighted by Gasteiger charge is 2.33. The molecule has 3 aromatic rings. The minimum atomic E-state index is -0.866. The van der Waals surface area contributed by atoms with Crippen molar-refractivity contribution in [3.63, 3.8) is 0 Å². The molecule has 2 aliphatic rings. The van der Waals surface area contributed by atoms with Gasteiger partial charge in [-0.25, -0.2) is 4.79 Å². The molecule has 0 spiro atoms. The summed E-state index contributed by atoms with van der Waals surface area (Å²) in [6, 6.07) is 11.8. The summed E-state index contributed by atoms with van der Waals surface area (Å²) in [7, 11) is 1.61. The van der Waals surface area contributed by atoms with E-state index < -0.39 is 29.7 Å². The number of azo groups is 1. The smallest absolute Gasteiger partial charge is 0.330 e. The van der Waals surface area contributed by atoms with E-state index in [9.17, 15) is 19.5 Å². The third-order valence-electron chi connectivity index (χ3n) is 8.60. The van der Waals surface area contributed by atoms with Crippen LogP contribution >= 0.6 is 0 Å². The Morgan fingerprint density at radius 3 is 2.71 bits per heavy atom. The normalized spacial score (nSPS) is 20.5. The summed E-state index contributed by atoms with van der Waals surface area (Å²) in [4.78, 5) is 42.0. The number of nitrogens with one attached hydrogen (secondary N) is 2. The molecule has 12 nitrogen and oxygen atoms in total. The second kappa shape index (κ2) is 14.5. The molecule has 1 fully saturated rings. The van der Waals surface area contributed by atoms with Gasteiger partial charge in [-0.15, -0.1) is 5.11 Å². The van der Waals surface area contributed by atoms with Crippen LogP contribution in [0.25, 0.3) is 11.6 Å². The van der Waals surface area contributed by atoms with Crippen LogP contribution in [0.4, 0.5) is 17.1 Å². The number of aromatic nitrogens is 2. The number of carbonyl (C=O) groups is 1. The molecule has 0 saturated carbocycles. The number of ether oxygens (including phenoxy) is 2. The van der Waals surface area contributed by atoms with Crippen molar-refractivity contribution in [3.8, 4) is 5.75 Å². The number of nitrogens with zero attached hydrogens (tertiary/aromatic N) is 4. The predicted octanol–water partition coefficient (Wildman–Crippen LogP) is 5.55. The Bertz CT molecular complexity index is 1880. The van der Waals surface area contributed by atoms with Crippen molar-refractivity contribution in [3.05, 3.63) is 92.3 Å². The topological polar surface area (TPSA) is 151 Å². The molecule has 3 N–H and O–H groups in total. The number of anilines is 1. The maximum atomic E-state index is 12.8. The number of benzene rings is 2. The number of methoxy groups -OCH3 is 1. The molecule has 0 aliphatic carbocycles. The van der Waals surface area contributed by atoms with Gasteiger partial charge < -0.3 is 24.8 Å². The molecule has 3 heterocycles. The van der Waals surface area contributed by atoms with Gasteiger partial charge in [0.25, 0.3) is 5.56 Å². The van der Waals surface area contributed by atoms with Crippen LogP contribution in [0.15, 0.2) is 74.6 Å². The fourth-order valence-corrected chi connectivity index (χ4v) is 6.03. The number of aliphatic hydroxyl groups excluding tert-OH is 1. The average molecular weight is 658 g/mol. The Hall–Kier alpha value is -4.81. The molecule has 12 heteroatoms. The van der Waals surface area contributed by atoms with E-state index in [1.807, 2.05) is 43.3 Å². The first-order chi connectivity index (χ1) is 23.4. The molecule has 0 radical (unpaired) electrons. The second-order valence-corrected chi connectivity index (χ2v) is 12.7. The van der Waals surface area contributed by atoms with Crippen molar-refractivity contribution in [1.29, 1.82) is 0 Å². The summed E-state index contributed by atoms with van der Waals surface area (Å²) in [6.45, 7) is 9.06. The van der Waals surface area contributed by atoms with E-state index in [4.69, 9.17) is 10.8 Å². The van der Waals surface area contributed by atoms with Gasteiger partial charge in [-0.1, -0.05) is 35.9 Å². The number of fused-ring (bicyclic) bond motifs is 1. The fourth-order valence-electron chi connectivity index (χ4n) is 6.03. The van der Waals surface area contributed by atoms with Crippen molar-refractivity contribution in [1.82, 2.24) is 14.9 Å². The van der Waals surface area contributed by atoms with Crippen LogP contribution in [0.3, 0.4) is 0 Å². The molecular weight excluding hydrogens is 612 g/mol. The van der Waals surface area contributed by atoms with Gasteiger partial charge in [0.05, 0.1) is 36.1 Å². The quantitative estimate of drug-likeness (QED) is 0.229. The zero-order valence-corrected chi connectivity index (χ0v) is 28.0.